The smallest absolute Gasteiger partial charge is 0.270 e. The summed E-state index contributed by atoms with van der Waals surface area (Å²) in [6.45, 7) is 0. The number of hydrogen-bond donors (Lipinski definition) is 1. The molecular formula is C14H9N3O3. The monoisotopic (exact) mass is 267 g/mol. The van der Waals surface area contributed by atoms with Crippen molar-refractivity contribution in [3.63, 3.8) is 0 Å². The molecule has 0 saturated heterocycles. The van der Waals surface area contributed by atoms with Crippen LogP contribution in [0.4, 0.5) is 11.4 Å². The molecule has 1 aromatic carbocycles. The lowest BCUT2D eigenvalue weighted by Gasteiger charge is -1.99. The van der Waals surface area contributed by atoms with Crippen molar-refractivity contribution in [3.8, 4) is 0 Å². The molecular weight excluding hydrogens is 258 g/mol. The topological polar surface area (TPSA) is 85.1 Å². The third-order valence-corrected chi connectivity index (χ3v) is 3.01. The Morgan fingerprint density at radius 2 is 1.95 bits per heavy atom. The van der Waals surface area contributed by atoms with E-state index in [4.69, 9.17) is 0 Å². The Balaban J connectivity index is 2.11. The molecule has 0 atom stereocenters. The number of anilines is 1. The van der Waals surface area contributed by atoms with Gasteiger partial charge in [0.2, 0.25) is 0 Å². The van der Waals surface area contributed by atoms with Gasteiger partial charge in [0, 0.05) is 41.4 Å². The molecule has 0 radical (unpaired) electrons. The van der Waals surface area contributed by atoms with Gasteiger partial charge in [-0.2, -0.15) is 0 Å². The van der Waals surface area contributed by atoms with E-state index in [0.29, 0.717) is 16.8 Å². The highest BCUT2D eigenvalue weighted by Gasteiger charge is 2.26. The lowest BCUT2D eigenvalue weighted by Crippen LogP contribution is -2.03. The summed E-state index contributed by atoms with van der Waals surface area (Å²) < 4.78 is 0. The van der Waals surface area contributed by atoms with E-state index in [1.165, 1.54) is 12.1 Å². The molecule has 2 aromatic rings. The van der Waals surface area contributed by atoms with Gasteiger partial charge in [0.1, 0.15) is 0 Å². The van der Waals surface area contributed by atoms with Crippen LogP contribution in [0.2, 0.25) is 0 Å². The van der Waals surface area contributed by atoms with E-state index in [2.05, 4.69) is 10.3 Å². The molecule has 0 spiro atoms. The number of non-ortho nitro benzene ring substituents is 1. The first-order chi connectivity index (χ1) is 9.65. The summed E-state index contributed by atoms with van der Waals surface area (Å²) >= 11 is 0. The summed E-state index contributed by atoms with van der Waals surface area (Å²) in [5, 5.41) is 13.5. The average molecular weight is 267 g/mol. The number of hydrogen-bond acceptors (Lipinski definition) is 4. The van der Waals surface area contributed by atoms with Gasteiger partial charge in [-0.3, -0.25) is 19.9 Å². The van der Waals surface area contributed by atoms with Crippen molar-refractivity contribution < 1.29 is 9.72 Å². The molecule has 6 heteroatoms. The second-order valence-electron chi connectivity index (χ2n) is 4.28. The van der Waals surface area contributed by atoms with E-state index < -0.39 is 4.92 Å². The highest BCUT2D eigenvalue weighted by Crippen LogP contribution is 2.35. The molecule has 1 amide bonds. The molecule has 1 aromatic heterocycles. The lowest BCUT2D eigenvalue weighted by molar-refractivity contribution is -0.384. The molecule has 3 rings (SSSR count). The molecule has 0 fully saturated rings. The summed E-state index contributed by atoms with van der Waals surface area (Å²) in [5.74, 6) is -0.266. The van der Waals surface area contributed by atoms with E-state index in [1.807, 2.05) is 0 Å². The maximum absolute atomic E-state index is 12.0. The number of pyridine rings is 1. The number of nitro benzene ring substituents is 1. The molecule has 0 bridgehead atoms. The van der Waals surface area contributed by atoms with E-state index >= 15 is 0 Å². The van der Waals surface area contributed by atoms with E-state index in [0.717, 1.165) is 5.56 Å². The van der Waals surface area contributed by atoms with Crippen LogP contribution in [-0.2, 0) is 4.79 Å². The van der Waals surface area contributed by atoms with Gasteiger partial charge < -0.3 is 5.32 Å². The maximum atomic E-state index is 12.0. The largest absolute Gasteiger partial charge is 0.321 e. The van der Waals surface area contributed by atoms with Gasteiger partial charge >= 0.3 is 0 Å². The van der Waals surface area contributed by atoms with Crippen molar-refractivity contribution in [2.75, 3.05) is 5.32 Å². The molecule has 2 heterocycles. The predicted octanol–water partition coefficient (Wildman–Crippen LogP) is 2.48. The van der Waals surface area contributed by atoms with Crippen LogP contribution in [-0.4, -0.2) is 15.8 Å². The zero-order chi connectivity index (χ0) is 14.1. The quantitative estimate of drug-likeness (QED) is 0.514. The first-order valence-electron chi connectivity index (χ1n) is 5.87. The SMILES string of the molecule is O=C1Nc2ccc([N+](=O)[O-])cc2C1=Cc1ccncc1. The second-order valence-corrected chi connectivity index (χ2v) is 4.28. The van der Waals surface area contributed by atoms with Gasteiger partial charge in [-0.1, -0.05) is 0 Å². The van der Waals surface area contributed by atoms with Crippen LogP contribution < -0.4 is 5.32 Å². The molecule has 1 N–H and O–H groups in total. The Morgan fingerprint density at radius 1 is 1.20 bits per heavy atom. The van der Waals surface area contributed by atoms with Gasteiger partial charge in [0.25, 0.3) is 11.6 Å². The fraction of sp³-hybridized carbons (Fsp3) is 0. The minimum atomic E-state index is -0.479. The number of carbonyl (C=O) groups is 1. The predicted molar refractivity (Wildman–Crippen MR) is 73.8 cm³/mol. The van der Waals surface area contributed by atoms with E-state index in [-0.39, 0.29) is 11.6 Å². The van der Waals surface area contributed by atoms with Crippen LogP contribution in [0.25, 0.3) is 11.6 Å². The molecule has 0 unspecified atom stereocenters. The van der Waals surface area contributed by atoms with Crippen LogP contribution in [0.5, 0.6) is 0 Å². The van der Waals surface area contributed by atoms with E-state index in [1.54, 1.807) is 36.7 Å². The summed E-state index contributed by atoms with van der Waals surface area (Å²) in [5.41, 5.74) is 2.31. The third-order valence-electron chi connectivity index (χ3n) is 3.01. The molecule has 1 aliphatic heterocycles. The molecule has 1 aliphatic rings. The Kier molecular flexibility index (Phi) is 2.76. The fourth-order valence-electron chi connectivity index (χ4n) is 2.06. The van der Waals surface area contributed by atoms with Crippen molar-refractivity contribution in [2.24, 2.45) is 0 Å². The Morgan fingerprint density at radius 3 is 2.65 bits per heavy atom. The van der Waals surface area contributed by atoms with Crippen LogP contribution in [0.15, 0.2) is 42.7 Å². The summed E-state index contributed by atoms with van der Waals surface area (Å²) in [4.78, 5) is 26.2. The van der Waals surface area contributed by atoms with Crippen LogP contribution in [0.3, 0.4) is 0 Å². The Hall–Kier alpha value is -3.02. The van der Waals surface area contributed by atoms with Gasteiger partial charge in [-0.05, 0) is 29.8 Å². The molecule has 0 saturated carbocycles. The first-order valence-corrected chi connectivity index (χ1v) is 5.87. The first kappa shape index (κ1) is 12.0. The Labute approximate surface area is 113 Å². The molecule has 20 heavy (non-hydrogen) atoms. The van der Waals surface area contributed by atoms with Crippen molar-refractivity contribution >= 4 is 28.9 Å². The highest BCUT2D eigenvalue weighted by molar-refractivity contribution is 6.35. The van der Waals surface area contributed by atoms with Gasteiger partial charge in [-0.25, -0.2) is 0 Å². The third kappa shape index (κ3) is 2.03. The Bertz CT molecular complexity index is 739. The number of rotatable bonds is 2. The average Bonchev–Trinajstić information content (AvgIpc) is 2.75. The number of amides is 1. The number of carbonyl (C=O) groups excluding carboxylic acids is 1. The molecule has 0 aliphatic carbocycles. The van der Waals surface area contributed by atoms with E-state index in [9.17, 15) is 14.9 Å². The number of nitro groups is 1. The van der Waals surface area contributed by atoms with Crippen molar-refractivity contribution in [1.82, 2.24) is 4.98 Å². The van der Waals surface area contributed by atoms with Gasteiger partial charge in [0.15, 0.2) is 0 Å². The van der Waals surface area contributed by atoms with Crippen LogP contribution >= 0.6 is 0 Å². The van der Waals surface area contributed by atoms with Crippen molar-refractivity contribution in [1.29, 1.82) is 0 Å². The normalized spacial score (nSPS) is 15.0. The number of nitrogens with one attached hydrogen (secondary N) is 1. The zero-order valence-electron chi connectivity index (χ0n) is 10.2. The zero-order valence-corrected chi connectivity index (χ0v) is 10.2. The summed E-state index contributed by atoms with van der Waals surface area (Å²) in [6.07, 6.45) is 4.92. The molecule has 98 valence electrons. The van der Waals surface area contributed by atoms with Gasteiger partial charge in [0.05, 0.1) is 4.92 Å². The number of nitrogens with zero attached hydrogens (tertiary/aromatic N) is 2. The number of benzene rings is 1. The van der Waals surface area contributed by atoms with Gasteiger partial charge in [-0.15, -0.1) is 0 Å². The second kappa shape index (κ2) is 4.58. The number of fused-ring (bicyclic) bond motifs is 1. The minimum Gasteiger partial charge on any atom is -0.321 e. The molecule has 6 nitrogen and oxygen atoms in total. The highest BCUT2D eigenvalue weighted by atomic mass is 16.6. The van der Waals surface area contributed by atoms with Crippen LogP contribution in [0.1, 0.15) is 11.1 Å². The fourth-order valence-corrected chi connectivity index (χ4v) is 2.06. The standard InChI is InChI=1S/C14H9N3O3/c18-14-12(7-9-3-5-15-6-4-9)11-8-10(17(19)20)1-2-13(11)16-14/h1-8H,(H,16,18). The summed E-state index contributed by atoms with van der Waals surface area (Å²) in [6, 6.07) is 7.83. The lowest BCUT2D eigenvalue weighted by atomic mass is 10.0. The minimum absolute atomic E-state index is 0.0409. The summed E-state index contributed by atoms with van der Waals surface area (Å²) in [7, 11) is 0. The number of aromatic nitrogens is 1. The van der Waals surface area contributed by atoms with Crippen LogP contribution in [0, 0.1) is 10.1 Å². The van der Waals surface area contributed by atoms with Crippen molar-refractivity contribution in [2.45, 2.75) is 0 Å². The maximum Gasteiger partial charge on any atom is 0.270 e. The van der Waals surface area contributed by atoms with Crippen molar-refractivity contribution in [3.05, 3.63) is 64.0 Å².